The molecule has 0 aliphatic heterocycles. The van der Waals surface area contributed by atoms with Gasteiger partial charge in [-0.1, -0.05) is 23.2 Å². The van der Waals surface area contributed by atoms with Gasteiger partial charge in [-0.15, -0.1) is 0 Å². The van der Waals surface area contributed by atoms with E-state index in [9.17, 15) is 10.2 Å². The molecule has 0 radical (unpaired) electrons. The maximum absolute atomic E-state index is 9.70. The summed E-state index contributed by atoms with van der Waals surface area (Å²) >= 11 is 11.8. The molecule has 2 nitrogen and oxygen atoms in total. The molecule has 1 rings (SSSR count). The Kier molecular flexibility index (Phi) is 4.01. The van der Waals surface area contributed by atoms with E-state index in [4.69, 9.17) is 23.2 Å². The molecule has 0 amide bonds. The van der Waals surface area contributed by atoms with Crippen LogP contribution in [0.5, 0.6) is 0 Å². The smallest absolute Gasteiger partial charge is 0.0862 e. The molecule has 0 aliphatic carbocycles. The molecular formula is C11H14Cl2O2. The van der Waals surface area contributed by atoms with Gasteiger partial charge in [-0.3, -0.25) is 0 Å². The molecule has 0 saturated heterocycles. The van der Waals surface area contributed by atoms with Gasteiger partial charge in [0.1, 0.15) is 0 Å². The number of halogens is 2. The highest BCUT2D eigenvalue weighted by Gasteiger charge is 2.25. The van der Waals surface area contributed by atoms with Crippen molar-refractivity contribution in [1.82, 2.24) is 0 Å². The van der Waals surface area contributed by atoms with Crippen LogP contribution < -0.4 is 0 Å². The van der Waals surface area contributed by atoms with Crippen LogP contribution in [0, 0.1) is 0 Å². The van der Waals surface area contributed by atoms with Crippen LogP contribution in [0.4, 0.5) is 0 Å². The zero-order chi connectivity index (χ0) is 11.6. The van der Waals surface area contributed by atoms with E-state index >= 15 is 0 Å². The third-order valence-electron chi connectivity index (χ3n) is 2.24. The SMILES string of the molecule is CC(C)(O)C(O)Cc1cc(Cl)ccc1Cl. The van der Waals surface area contributed by atoms with E-state index in [1.54, 1.807) is 32.0 Å². The first-order chi connectivity index (χ1) is 6.80. The molecule has 0 saturated carbocycles. The third kappa shape index (κ3) is 3.65. The lowest BCUT2D eigenvalue weighted by Gasteiger charge is -2.24. The van der Waals surface area contributed by atoms with Crippen LogP contribution >= 0.6 is 23.2 Å². The Morgan fingerprint density at radius 3 is 2.47 bits per heavy atom. The highest BCUT2D eigenvalue weighted by atomic mass is 35.5. The summed E-state index contributed by atoms with van der Waals surface area (Å²) in [5.74, 6) is 0. The molecule has 0 aliphatic rings. The molecule has 4 heteroatoms. The molecule has 0 spiro atoms. The van der Waals surface area contributed by atoms with E-state index in [1.165, 1.54) is 0 Å². The molecule has 84 valence electrons. The highest BCUT2D eigenvalue weighted by Crippen LogP contribution is 2.24. The maximum Gasteiger partial charge on any atom is 0.0862 e. The molecule has 0 fully saturated rings. The summed E-state index contributed by atoms with van der Waals surface area (Å²) in [5.41, 5.74) is -0.412. The van der Waals surface area contributed by atoms with Crippen molar-refractivity contribution in [2.75, 3.05) is 0 Å². The lowest BCUT2D eigenvalue weighted by atomic mass is 9.95. The predicted molar refractivity (Wildman–Crippen MR) is 62.5 cm³/mol. The lowest BCUT2D eigenvalue weighted by molar-refractivity contribution is -0.0469. The largest absolute Gasteiger partial charge is 0.390 e. The average molecular weight is 249 g/mol. The van der Waals surface area contributed by atoms with Gasteiger partial charge in [0.25, 0.3) is 0 Å². The fraction of sp³-hybridized carbons (Fsp3) is 0.455. The Labute approximate surface area is 99.5 Å². The highest BCUT2D eigenvalue weighted by molar-refractivity contribution is 6.33. The van der Waals surface area contributed by atoms with E-state index in [-0.39, 0.29) is 6.42 Å². The summed E-state index contributed by atoms with van der Waals surface area (Å²) in [4.78, 5) is 0. The van der Waals surface area contributed by atoms with E-state index < -0.39 is 11.7 Å². The van der Waals surface area contributed by atoms with Crippen molar-refractivity contribution in [3.63, 3.8) is 0 Å². The van der Waals surface area contributed by atoms with Crippen LogP contribution in [0.2, 0.25) is 10.0 Å². The van der Waals surface area contributed by atoms with Crippen molar-refractivity contribution < 1.29 is 10.2 Å². The number of aliphatic hydroxyl groups excluding tert-OH is 1. The molecule has 1 aromatic carbocycles. The van der Waals surface area contributed by atoms with E-state index in [0.29, 0.717) is 10.0 Å². The van der Waals surface area contributed by atoms with Crippen LogP contribution in [0.1, 0.15) is 19.4 Å². The molecule has 1 unspecified atom stereocenters. The number of benzene rings is 1. The van der Waals surface area contributed by atoms with Gasteiger partial charge in [0.05, 0.1) is 11.7 Å². The number of rotatable bonds is 3. The molecule has 2 N–H and O–H groups in total. The second kappa shape index (κ2) is 4.71. The zero-order valence-electron chi connectivity index (χ0n) is 8.67. The average Bonchev–Trinajstić information content (AvgIpc) is 2.09. The molecular weight excluding hydrogens is 235 g/mol. The van der Waals surface area contributed by atoms with E-state index in [0.717, 1.165) is 5.56 Å². The summed E-state index contributed by atoms with van der Waals surface area (Å²) in [6.07, 6.45) is -0.587. The monoisotopic (exact) mass is 248 g/mol. The van der Waals surface area contributed by atoms with Crippen LogP contribution in [-0.4, -0.2) is 21.9 Å². The van der Waals surface area contributed by atoms with Gasteiger partial charge in [0, 0.05) is 16.5 Å². The van der Waals surface area contributed by atoms with Gasteiger partial charge >= 0.3 is 0 Å². The Bertz CT molecular complexity index is 345. The van der Waals surface area contributed by atoms with Crippen molar-refractivity contribution in [3.05, 3.63) is 33.8 Å². The van der Waals surface area contributed by atoms with Gasteiger partial charge < -0.3 is 10.2 Å². The standard InChI is InChI=1S/C11H14Cl2O2/c1-11(2,15)10(14)6-7-5-8(12)3-4-9(7)13/h3-5,10,14-15H,6H2,1-2H3. The topological polar surface area (TPSA) is 40.5 Å². The van der Waals surface area contributed by atoms with Crippen LogP contribution in [0.3, 0.4) is 0 Å². The number of aliphatic hydroxyl groups is 2. The molecule has 0 aromatic heterocycles. The maximum atomic E-state index is 9.70. The molecule has 0 heterocycles. The van der Waals surface area contributed by atoms with Crippen molar-refractivity contribution in [2.45, 2.75) is 32.0 Å². The second-order valence-electron chi connectivity index (χ2n) is 4.11. The van der Waals surface area contributed by atoms with Crippen molar-refractivity contribution >= 4 is 23.2 Å². The van der Waals surface area contributed by atoms with Crippen LogP contribution in [0.15, 0.2) is 18.2 Å². The normalized spacial score (nSPS) is 14.0. The molecule has 1 aromatic rings. The molecule has 0 bridgehead atoms. The summed E-state index contributed by atoms with van der Waals surface area (Å²) in [6.45, 7) is 3.10. The number of hydrogen-bond donors (Lipinski definition) is 2. The Morgan fingerprint density at radius 1 is 1.33 bits per heavy atom. The summed E-state index contributed by atoms with van der Waals surface area (Å²) in [5, 5.41) is 20.4. The second-order valence-corrected chi connectivity index (χ2v) is 4.95. The minimum Gasteiger partial charge on any atom is -0.390 e. The minimum atomic E-state index is -1.15. The summed E-state index contributed by atoms with van der Waals surface area (Å²) in [7, 11) is 0. The van der Waals surface area contributed by atoms with E-state index in [1.807, 2.05) is 0 Å². The summed E-state index contributed by atoms with van der Waals surface area (Å²) in [6, 6.07) is 5.05. The Morgan fingerprint density at radius 2 is 1.93 bits per heavy atom. The van der Waals surface area contributed by atoms with Crippen molar-refractivity contribution in [1.29, 1.82) is 0 Å². The fourth-order valence-electron chi connectivity index (χ4n) is 1.16. The van der Waals surface area contributed by atoms with Gasteiger partial charge in [-0.05, 0) is 37.6 Å². The molecule has 15 heavy (non-hydrogen) atoms. The lowest BCUT2D eigenvalue weighted by Crippen LogP contribution is -2.37. The van der Waals surface area contributed by atoms with Gasteiger partial charge in [0.15, 0.2) is 0 Å². The predicted octanol–water partition coefficient (Wildman–Crippen LogP) is 2.67. The first-order valence-corrected chi connectivity index (χ1v) is 5.40. The quantitative estimate of drug-likeness (QED) is 0.864. The number of hydrogen-bond acceptors (Lipinski definition) is 2. The van der Waals surface area contributed by atoms with Crippen LogP contribution in [-0.2, 0) is 6.42 Å². The van der Waals surface area contributed by atoms with Gasteiger partial charge in [0.2, 0.25) is 0 Å². The van der Waals surface area contributed by atoms with Gasteiger partial charge in [-0.2, -0.15) is 0 Å². The third-order valence-corrected chi connectivity index (χ3v) is 2.84. The Balaban J connectivity index is 2.85. The van der Waals surface area contributed by atoms with Crippen molar-refractivity contribution in [3.8, 4) is 0 Å². The van der Waals surface area contributed by atoms with Crippen LogP contribution in [0.25, 0.3) is 0 Å². The van der Waals surface area contributed by atoms with Gasteiger partial charge in [-0.25, -0.2) is 0 Å². The first kappa shape index (κ1) is 12.8. The molecule has 1 atom stereocenters. The summed E-state index contributed by atoms with van der Waals surface area (Å²) < 4.78 is 0. The van der Waals surface area contributed by atoms with Crippen molar-refractivity contribution in [2.24, 2.45) is 0 Å². The fourth-order valence-corrected chi connectivity index (χ4v) is 1.55. The van der Waals surface area contributed by atoms with E-state index in [2.05, 4.69) is 0 Å². The first-order valence-electron chi connectivity index (χ1n) is 4.65. The zero-order valence-corrected chi connectivity index (χ0v) is 10.2. The Hall–Kier alpha value is -0.280. The minimum absolute atomic E-state index is 0.281.